The summed E-state index contributed by atoms with van der Waals surface area (Å²) >= 11 is 0. The summed E-state index contributed by atoms with van der Waals surface area (Å²) in [5, 5.41) is 0. The van der Waals surface area contributed by atoms with Crippen molar-refractivity contribution in [1.82, 2.24) is 9.97 Å². The third-order valence-electron chi connectivity index (χ3n) is 2.11. The largest absolute Gasteiger partial charge is 0.424 e. The normalized spacial score (nSPS) is 10.1. The van der Waals surface area contributed by atoms with Crippen LogP contribution in [-0.4, -0.2) is 9.97 Å². The zero-order chi connectivity index (χ0) is 11.4. The lowest BCUT2D eigenvalue weighted by atomic mass is 10.3. The van der Waals surface area contributed by atoms with E-state index < -0.39 is 0 Å². The van der Waals surface area contributed by atoms with Crippen molar-refractivity contribution >= 4 is 0 Å². The van der Waals surface area contributed by atoms with Gasteiger partial charge in [-0.1, -0.05) is 6.92 Å². The maximum atomic E-state index is 12.6. The molecular formula is C12H11FN2O. The van der Waals surface area contributed by atoms with Gasteiger partial charge < -0.3 is 4.74 Å². The predicted molar refractivity (Wildman–Crippen MR) is 57.9 cm³/mol. The number of halogens is 1. The van der Waals surface area contributed by atoms with Crippen molar-refractivity contribution in [3.63, 3.8) is 0 Å². The fourth-order valence-corrected chi connectivity index (χ4v) is 1.19. The van der Waals surface area contributed by atoms with E-state index in [0.29, 0.717) is 5.75 Å². The highest BCUT2D eigenvalue weighted by molar-refractivity contribution is 5.25. The van der Waals surface area contributed by atoms with Gasteiger partial charge in [-0.15, -0.1) is 0 Å². The van der Waals surface area contributed by atoms with E-state index >= 15 is 0 Å². The van der Waals surface area contributed by atoms with Crippen LogP contribution in [-0.2, 0) is 6.42 Å². The van der Waals surface area contributed by atoms with Crippen molar-refractivity contribution in [3.05, 3.63) is 48.0 Å². The van der Waals surface area contributed by atoms with Gasteiger partial charge in [-0.2, -0.15) is 0 Å². The van der Waals surface area contributed by atoms with Crippen LogP contribution in [0.2, 0.25) is 0 Å². The molecule has 0 radical (unpaired) electrons. The molecular weight excluding hydrogens is 207 g/mol. The van der Waals surface area contributed by atoms with Crippen LogP contribution in [0.5, 0.6) is 11.8 Å². The van der Waals surface area contributed by atoms with Crippen LogP contribution in [0.4, 0.5) is 4.39 Å². The van der Waals surface area contributed by atoms with E-state index in [-0.39, 0.29) is 11.8 Å². The summed E-state index contributed by atoms with van der Waals surface area (Å²) in [4.78, 5) is 8.08. The molecule has 0 saturated heterocycles. The zero-order valence-electron chi connectivity index (χ0n) is 8.85. The van der Waals surface area contributed by atoms with Crippen molar-refractivity contribution in [2.75, 3.05) is 0 Å². The average Bonchev–Trinajstić information content (AvgIpc) is 2.33. The molecule has 4 heteroatoms. The molecule has 0 aliphatic rings. The maximum Gasteiger partial charge on any atom is 0.321 e. The third-order valence-corrected chi connectivity index (χ3v) is 2.11. The Hall–Kier alpha value is -1.97. The van der Waals surface area contributed by atoms with Crippen LogP contribution in [0.3, 0.4) is 0 Å². The molecule has 16 heavy (non-hydrogen) atoms. The monoisotopic (exact) mass is 218 g/mol. The van der Waals surface area contributed by atoms with Gasteiger partial charge in [0.15, 0.2) is 0 Å². The van der Waals surface area contributed by atoms with E-state index in [4.69, 9.17) is 4.74 Å². The molecule has 1 heterocycles. The number of ether oxygens (including phenoxy) is 1. The Morgan fingerprint density at radius 1 is 1.12 bits per heavy atom. The van der Waals surface area contributed by atoms with Gasteiger partial charge in [0.2, 0.25) is 0 Å². The maximum absolute atomic E-state index is 12.6. The Labute approximate surface area is 92.9 Å². The minimum Gasteiger partial charge on any atom is -0.424 e. The van der Waals surface area contributed by atoms with E-state index in [1.54, 1.807) is 12.4 Å². The SMILES string of the molecule is CCc1cnc(Oc2ccc(F)cc2)nc1. The second-order valence-corrected chi connectivity index (χ2v) is 3.28. The van der Waals surface area contributed by atoms with Crippen LogP contribution in [0.1, 0.15) is 12.5 Å². The van der Waals surface area contributed by atoms with Gasteiger partial charge in [-0.3, -0.25) is 0 Å². The molecule has 0 unspecified atom stereocenters. The van der Waals surface area contributed by atoms with Gasteiger partial charge in [-0.25, -0.2) is 14.4 Å². The molecule has 3 nitrogen and oxygen atoms in total. The fourth-order valence-electron chi connectivity index (χ4n) is 1.19. The Bertz CT molecular complexity index is 453. The molecule has 1 aromatic carbocycles. The molecule has 0 aliphatic heterocycles. The number of nitrogens with zero attached hydrogens (tertiary/aromatic N) is 2. The molecule has 2 aromatic rings. The zero-order valence-corrected chi connectivity index (χ0v) is 8.85. The Morgan fingerprint density at radius 2 is 1.75 bits per heavy atom. The Morgan fingerprint density at radius 3 is 2.31 bits per heavy atom. The van der Waals surface area contributed by atoms with Crippen molar-refractivity contribution in [3.8, 4) is 11.8 Å². The third kappa shape index (κ3) is 2.53. The first kappa shape index (κ1) is 10.5. The number of hydrogen-bond donors (Lipinski definition) is 0. The predicted octanol–water partition coefficient (Wildman–Crippen LogP) is 2.97. The van der Waals surface area contributed by atoms with Crippen LogP contribution in [0, 0.1) is 5.82 Å². The van der Waals surface area contributed by atoms with E-state index in [2.05, 4.69) is 9.97 Å². The Balaban J connectivity index is 2.11. The van der Waals surface area contributed by atoms with Crippen molar-refractivity contribution < 1.29 is 9.13 Å². The number of benzene rings is 1. The molecule has 0 saturated carbocycles. The lowest BCUT2D eigenvalue weighted by Gasteiger charge is -2.03. The van der Waals surface area contributed by atoms with E-state index in [1.165, 1.54) is 24.3 Å². The molecule has 0 amide bonds. The second-order valence-electron chi connectivity index (χ2n) is 3.28. The first-order valence-electron chi connectivity index (χ1n) is 5.02. The van der Waals surface area contributed by atoms with Crippen molar-refractivity contribution in [1.29, 1.82) is 0 Å². The first-order chi connectivity index (χ1) is 7.78. The van der Waals surface area contributed by atoms with Gasteiger partial charge in [0.25, 0.3) is 0 Å². The van der Waals surface area contributed by atoms with Gasteiger partial charge in [0.05, 0.1) is 0 Å². The van der Waals surface area contributed by atoms with Gasteiger partial charge >= 0.3 is 6.01 Å². The van der Waals surface area contributed by atoms with Gasteiger partial charge in [0.1, 0.15) is 11.6 Å². The first-order valence-corrected chi connectivity index (χ1v) is 5.02. The second kappa shape index (κ2) is 4.70. The molecule has 82 valence electrons. The van der Waals surface area contributed by atoms with E-state index in [1.807, 2.05) is 6.92 Å². The summed E-state index contributed by atoms with van der Waals surface area (Å²) in [7, 11) is 0. The summed E-state index contributed by atoms with van der Waals surface area (Å²) in [6, 6.07) is 5.99. The quantitative estimate of drug-likeness (QED) is 0.794. The van der Waals surface area contributed by atoms with Crippen LogP contribution in [0.25, 0.3) is 0 Å². The lowest BCUT2D eigenvalue weighted by Crippen LogP contribution is -1.93. The average molecular weight is 218 g/mol. The molecule has 0 fully saturated rings. The summed E-state index contributed by atoms with van der Waals surface area (Å²) in [6.45, 7) is 2.03. The number of aromatic nitrogens is 2. The van der Waals surface area contributed by atoms with Crippen molar-refractivity contribution in [2.24, 2.45) is 0 Å². The van der Waals surface area contributed by atoms with Crippen molar-refractivity contribution in [2.45, 2.75) is 13.3 Å². The van der Waals surface area contributed by atoms with Crippen LogP contribution < -0.4 is 4.74 Å². The molecule has 0 aliphatic carbocycles. The number of hydrogen-bond acceptors (Lipinski definition) is 3. The molecule has 0 spiro atoms. The summed E-state index contributed by atoms with van der Waals surface area (Å²) in [5.41, 5.74) is 1.05. The topological polar surface area (TPSA) is 35.0 Å². The number of aryl methyl sites for hydroxylation is 1. The van der Waals surface area contributed by atoms with Gasteiger partial charge in [0, 0.05) is 12.4 Å². The summed E-state index contributed by atoms with van der Waals surface area (Å²) in [6.07, 6.45) is 4.31. The summed E-state index contributed by atoms with van der Waals surface area (Å²) in [5.74, 6) is 0.222. The molecule has 0 N–H and O–H groups in total. The highest BCUT2D eigenvalue weighted by atomic mass is 19.1. The smallest absolute Gasteiger partial charge is 0.321 e. The molecule has 0 atom stereocenters. The van der Waals surface area contributed by atoms with Crippen LogP contribution >= 0.6 is 0 Å². The molecule has 0 bridgehead atoms. The minimum atomic E-state index is -0.297. The van der Waals surface area contributed by atoms with Gasteiger partial charge in [-0.05, 0) is 36.2 Å². The molecule has 1 aromatic heterocycles. The highest BCUT2D eigenvalue weighted by Gasteiger charge is 2.00. The fraction of sp³-hybridized carbons (Fsp3) is 0.167. The van der Waals surface area contributed by atoms with E-state index in [9.17, 15) is 4.39 Å². The molecule has 2 rings (SSSR count). The Kier molecular flexibility index (Phi) is 3.10. The minimum absolute atomic E-state index is 0.267. The number of rotatable bonds is 3. The standard InChI is InChI=1S/C12H11FN2O/c1-2-9-7-14-12(15-8-9)16-11-5-3-10(13)4-6-11/h3-8H,2H2,1H3. The van der Waals surface area contributed by atoms with Crippen LogP contribution in [0.15, 0.2) is 36.7 Å². The lowest BCUT2D eigenvalue weighted by molar-refractivity contribution is 0.439. The van der Waals surface area contributed by atoms with E-state index in [0.717, 1.165) is 12.0 Å². The highest BCUT2D eigenvalue weighted by Crippen LogP contribution is 2.17. The summed E-state index contributed by atoms with van der Waals surface area (Å²) < 4.78 is 18.0.